The van der Waals surface area contributed by atoms with Crippen LogP contribution in [0.1, 0.15) is 44.7 Å². The van der Waals surface area contributed by atoms with Crippen LogP contribution in [0.2, 0.25) is 0 Å². The van der Waals surface area contributed by atoms with Gasteiger partial charge in [0.25, 0.3) is 0 Å². The molecule has 1 fully saturated rings. The SMILES string of the molecule is CCC1CCN(C(C)c2cc(OC)ccc2O)C(CN)C1. The normalized spacial score (nSPS) is 24.8. The number of phenols is 1. The third-order valence-electron chi connectivity index (χ3n) is 4.90. The molecule has 3 atom stereocenters. The van der Waals surface area contributed by atoms with Crippen molar-refractivity contribution < 1.29 is 9.84 Å². The van der Waals surface area contributed by atoms with Gasteiger partial charge < -0.3 is 15.6 Å². The first-order chi connectivity index (χ1) is 10.1. The molecule has 118 valence electrons. The number of nitrogens with zero attached hydrogens (tertiary/aromatic N) is 1. The fourth-order valence-corrected chi connectivity index (χ4v) is 3.44. The van der Waals surface area contributed by atoms with Crippen LogP contribution in [-0.2, 0) is 0 Å². The molecule has 0 aromatic heterocycles. The molecule has 21 heavy (non-hydrogen) atoms. The second-order valence-corrected chi connectivity index (χ2v) is 6.03. The van der Waals surface area contributed by atoms with Gasteiger partial charge in [-0.05, 0) is 50.4 Å². The highest BCUT2D eigenvalue weighted by Gasteiger charge is 2.31. The van der Waals surface area contributed by atoms with Crippen molar-refractivity contribution in [2.24, 2.45) is 11.7 Å². The summed E-state index contributed by atoms with van der Waals surface area (Å²) in [4.78, 5) is 2.43. The van der Waals surface area contributed by atoms with Crippen molar-refractivity contribution in [3.8, 4) is 11.5 Å². The van der Waals surface area contributed by atoms with Gasteiger partial charge in [0, 0.05) is 24.2 Å². The number of likely N-dealkylation sites (tertiary alicyclic amines) is 1. The van der Waals surface area contributed by atoms with Crippen molar-refractivity contribution in [3.05, 3.63) is 23.8 Å². The van der Waals surface area contributed by atoms with Gasteiger partial charge in [-0.3, -0.25) is 4.90 Å². The lowest BCUT2D eigenvalue weighted by atomic mass is 9.87. The average molecular weight is 292 g/mol. The molecule has 4 heteroatoms. The topological polar surface area (TPSA) is 58.7 Å². The summed E-state index contributed by atoms with van der Waals surface area (Å²) >= 11 is 0. The van der Waals surface area contributed by atoms with Crippen LogP contribution in [-0.4, -0.2) is 36.2 Å². The number of ether oxygens (including phenoxy) is 1. The number of rotatable bonds is 5. The smallest absolute Gasteiger partial charge is 0.120 e. The molecule has 0 saturated carbocycles. The Kier molecular flexibility index (Phi) is 5.48. The highest BCUT2D eigenvalue weighted by Crippen LogP contribution is 2.36. The Balaban J connectivity index is 2.20. The van der Waals surface area contributed by atoms with Crippen molar-refractivity contribution in [1.29, 1.82) is 0 Å². The van der Waals surface area contributed by atoms with E-state index in [0.717, 1.165) is 30.2 Å². The van der Waals surface area contributed by atoms with Gasteiger partial charge in [-0.2, -0.15) is 0 Å². The van der Waals surface area contributed by atoms with Crippen LogP contribution in [0.3, 0.4) is 0 Å². The molecule has 3 N–H and O–H groups in total. The second kappa shape index (κ2) is 7.14. The van der Waals surface area contributed by atoms with Crippen LogP contribution in [0, 0.1) is 5.92 Å². The molecule has 1 aliphatic heterocycles. The van der Waals surface area contributed by atoms with Gasteiger partial charge in [-0.1, -0.05) is 13.3 Å². The number of hydrogen-bond acceptors (Lipinski definition) is 4. The van der Waals surface area contributed by atoms with Gasteiger partial charge in [0.1, 0.15) is 11.5 Å². The maximum absolute atomic E-state index is 10.2. The van der Waals surface area contributed by atoms with E-state index in [4.69, 9.17) is 10.5 Å². The number of aromatic hydroxyl groups is 1. The van der Waals surface area contributed by atoms with E-state index in [-0.39, 0.29) is 6.04 Å². The van der Waals surface area contributed by atoms with E-state index in [1.54, 1.807) is 19.2 Å². The van der Waals surface area contributed by atoms with Crippen LogP contribution < -0.4 is 10.5 Å². The van der Waals surface area contributed by atoms with Crippen molar-refractivity contribution in [3.63, 3.8) is 0 Å². The number of nitrogens with two attached hydrogens (primary N) is 1. The Morgan fingerprint density at radius 1 is 1.48 bits per heavy atom. The Morgan fingerprint density at radius 2 is 2.24 bits per heavy atom. The third kappa shape index (κ3) is 3.50. The first-order valence-corrected chi connectivity index (χ1v) is 7.93. The highest BCUT2D eigenvalue weighted by atomic mass is 16.5. The summed E-state index contributed by atoms with van der Waals surface area (Å²) in [7, 11) is 1.65. The maximum Gasteiger partial charge on any atom is 0.120 e. The zero-order valence-corrected chi connectivity index (χ0v) is 13.4. The van der Waals surface area contributed by atoms with E-state index in [9.17, 15) is 5.11 Å². The van der Waals surface area contributed by atoms with Gasteiger partial charge in [0.15, 0.2) is 0 Å². The molecule has 0 aliphatic carbocycles. The van der Waals surface area contributed by atoms with Crippen LogP contribution in [0.4, 0.5) is 0 Å². The van der Waals surface area contributed by atoms with Crippen LogP contribution in [0.5, 0.6) is 11.5 Å². The number of hydrogen-bond donors (Lipinski definition) is 2. The van der Waals surface area contributed by atoms with Gasteiger partial charge in [0.05, 0.1) is 7.11 Å². The fraction of sp³-hybridized carbons (Fsp3) is 0.647. The van der Waals surface area contributed by atoms with E-state index in [0.29, 0.717) is 18.3 Å². The Bertz CT molecular complexity index is 464. The van der Waals surface area contributed by atoms with Gasteiger partial charge in [0.2, 0.25) is 0 Å². The predicted octanol–water partition coefficient (Wildman–Crippen LogP) is 2.91. The Hall–Kier alpha value is -1.26. The second-order valence-electron chi connectivity index (χ2n) is 6.03. The molecule has 1 aromatic carbocycles. The molecule has 4 nitrogen and oxygen atoms in total. The molecule has 1 saturated heterocycles. The van der Waals surface area contributed by atoms with Crippen molar-refractivity contribution in [1.82, 2.24) is 4.90 Å². The predicted molar refractivity (Wildman–Crippen MR) is 85.6 cm³/mol. The summed E-state index contributed by atoms with van der Waals surface area (Å²) in [6, 6.07) is 5.96. The fourth-order valence-electron chi connectivity index (χ4n) is 3.44. The quantitative estimate of drug-likeness (QED) is 0.876. The molecule has 0 amide bonds. The number of piperidine rings is 1. The minimum Gasteiger partial charge on any atom is -0.508 e. The van der Waals surface area contributed by atoms with E-state index < -0.39 is 0 Å². The molecular weight excluding hydrogens is 264 g/mol. The molecule has 1 aliphatic rings. The number of phenolic OH excluding ortho intramolecular Hbond substituents is 1. The minimum atomic E-state index is 0.145. The Labute approximate surface area is 127 Å². The van der Waals surface area contributed by atoms with Gasteiger partial charge in [-0.15, -0.1) is 0 Å². The monoisotopic (exact) mass is 292 g/mol. The molecular formula is C17H28N2O2. The summed E-state index contributed by atoms with van der Waals surface area (Å²) in [5.74, 6) is 1.89. The maximum atomic E-state index is 10.2. The van der Waals surface area contributed by atoms with Crippen LogP contribution in [0.15, 0.2) is 18.2 Å². The molecule has 0 bridgehead atoms. The minimum absolute atomic E-state index is 0.145. The van der Waals surface area contributed by atoms with Gasteiger partial charge in [-0.25, -0.2) is 0 Å². The van der Waals surface area contributed by atoms with Crippen LogP contribution >= 0.6 is 0 Å². The number of benzene rings is 1. The van der Waals surface area contributed by atoms with E-state index in [2.05, 4.69) is 18.7 Å². The molecule has 1 aromatic rings. The Morgan fingerprint density at radius 3 is 2.86 bits per heavy atom. The summed E-state index contributed by atoms with van der Waals surface area (Å²) in [6.07, 6.45) is 3.59. The lowest BCUT2D eigenvalue weighted by Crippen LogP contribution is -2.47. The van der Waals surface area contributed by atoms with Crippen molar-refractivity contribution >= 4 is 0 Å². The molecule has 0 radical (unpaired) electrons. The molecule has 0 spiro atoms. The molecule has 2 rings (SSSR count). The van der Waals surface area contributed by atoms with E-state index >= 15 is 0 Å². The first kappa shape index (κ1) is 16.1. The molecule has 3 unspecified atom stereocenters. The summed E-state index contributed by atoms with van der Waals surface area (Å²) < 4.78 is 5.28. The van der Waals surface area contributed by atoms with Crippen LogP contribution in [0.25, 0.3) is 0 Å². The highest BCUT2D eigenvalue weighted by molar-refractivity contribution is 5.41. The summed E-state index contributed by atoms with van der Waals surface area (Å²) in [5, 5.41) is 10.2. The molecule has 1 heterocycles. The van der Waals surface area contributed by atoms with Gasteiger partial charge >= 0.3 is 0 Å². The zero-order valence-electron chi connectivity index (χ0n) is 13.4. The lowest BCUT2D eigenvalue weighted by molar-refractivity contribution is 0.0761. The average Bonchev–Trinajstić information content (AvgIpc) is 2.54. The van der Waals surface area contributed by atoms with E-state index in [1.165, 1.54) is 12.8 Å². The van der Waals surface area contributed by atoms with Crippen molar-refractivity contribution in [2.75, 3.05) is 20.2 Å². The standard InChI is InChI=1S/C17H28N2O2/c1-4-13-7-8-19(14(9-13)11-18)12(2)16-10-15(21-3)5-6-17(16)20/h5-6,10,12-14,20H,4,7-9,11,18H2,1-3H3. The first-order valence-electron chi connectivity index (χ1n) is 7.93. The summed E-state index contributed by atoms with van der Waals surface area (Å²) in [6.45, 7) is 6.11. The van der Waals surface area contributed by atoms with E-state index in [1.807, 2.05) is 6.07 Å². The third-order valence-corrected chi connectivity index (χ3v) is 4.90. The largest absolute Gasteiger partial charge is 0.508 e. The van der Waals surface area contributed by atoms with Crippen molar-refractivity contribution in [2.45, 2.75) is 45.2 Å². The lowest BCUT2D eigenvalue weighted by Gasteiger charge is -2.42. The number of methoxy groups -OCH3 is 1. The summed E-state index contributed by atoms with van der Waals surface area (Å²) in [5.41, 5.74) is 6.91. The zero-order chi connectivity index (χ0) is 15.4.